The van der Waals surface area contributed by atoms with Crippen molar-refractivity contribution in [2.75, 3.05) is 32.7 Å². The summed E-state index contributed by atoms with van der Waals surface area (Å²) in [7, 11) is -3.48. The summed E-state index contributed by atoms with van der Waals surface area (Å²) in [5.74, 6) is -0.260. The maximum atomic E-state index is 12.6. The highest BCUT2D eigenvalue weighted by atomic mass is 32.2. The van der Waals surface area contributed by atoms with Gasteiger partial charge in [-0.15, -0.1) is 0 Å². The molecule has 1 amide bonds. The molecule has 138 valence electrons. The van der Waals surface area contributed by atoms with Crippen LogP contribution in [0.4, 0.5) is 0 Å². The topological polar surface area (TPSA) is 98.7 Å². The van der Waals surface area contributed by atoms with Crippen molar-refractivity contribution in [2.24, 2.45) is 5.92 Å². The molecule has 1 aromatic carbocycles. The van der Waals surface area contributed by atoms with Crippen molar-refractivity contribution >= 4 is 15.9 Å². The lowest BCUT2D eigenvalue weighted by Crippen LogP contribution is -2.35. The van der Waals surface area contributed by atoms with E-state index < -0.39 is 16.1 Å². The summed E-state index contributed by atoms with van der Waals surface area (Å²) in [6, 6.07) is 6.06. The predicted molar refractivity (Wildman–Crippen MR) is 93.8 cm³/mol. The van der Waals surface area contributed by atoms with Gasteiger partial charge in [-0.2, -0.15) is 4.31 Å². The summed E-state index contributed by atoms with van der Waals surface area (Å²) in [5, 5.41) is 15.6. The number of piperidine rings is 1. The van der Waals surface area contributed by atoms with Gasteiger partial charge in [-0.25, -0.2) is 8.42 Å². The van der Waals surface area contributed by atoms with Crippen LogP contribution in [0.1, 0.15) is 29.6 Å². The molecule has 25 heavy (non-hydrogen) atoms. The first-order chi connectivity index (χ1) is 12.0. The monoisotopic (exact) mass is 367 g/mol. The number of amides is 1. The first-order valence-electron chi connectivity index (χ1n) is 8.75. The minimum Gasteiger partial charge on any atom is -0.391 e. The normalized spacial score (nSPS) is 25.0. The van der Waals surface area contributed by atoms with Crippen LogP contribution in [0.2, 0.25) is 0 Å². The number of nitrogens with one attached hydrogen (secondary N) is 2. The van der Waals surface area contributed by atoms with Crippen molar-refractivity contribution in [2.45, 2.75) is 30.3 Å². The van der Waals surface area contributed by atoms with Crippen molar-refractivity contribution < 1.29 is 18.3 Å². The third-order valence-electron chi connectivity index (χ3n) is 4.90. The molecule has 3 rings (SSSR count). The number of rotatable bonds is 5. The van der Waals surface area contributed by atoms with Crippen LogP contribution >= 0.6 is 0 Å². The van der Waals surface area contributed by atoms with Crippen molar-refractivity contribution in [1.29, 1.82) is 0 Å². The van der Waals surface area contributed by atoms with Crippen LogP contribution in [0.3, 0.4) is 0 Å². The molecule has 0 aliphatic carbocycles. The molecule has 0 bridgehead atoms. The first kappa shape index (κ1) is 18.3. The smallest absolute Gasteiger partial charge is 0.251 e. The van der Waals surface area contributed by atoms with Gasteiger partial charge in [0.2, 0.25) is 10.0 Å². The van der Waals surface area contributed by atoms with Crippen LogP contribution < -0.4 is 10.6 Å². The molecule has 2 saturated heterocycles. The molecule has 0 aromatic heterocycles. The molecule has 2 aliphatic heterocycles. The van der Waals surface area contributed by atoms with Crippen LogP contribution in [0.5, 0.6) is 0 Å². The number of carbonyl (C=O) groups excluding carboxylic acids is 1. The van der Waals surface area contributed by atoms with Gasteiger partial charge in [0.1, 0.15) is 0 Å². The molecule has 2 heterocycles. The summed E-state index contributed by atoms with van der Waals surface area (Å²) in [6.45, 7) is 2.73. The lowest BCUT2D eigenvalue weighted by molar-refractivity contribution is 0.0927. The Balaban J connectivity index is 1.62. The lowest BCUT2D eigenvalue weighted by atomic mass is 10.1. The standard InChI is InChI=1S/C17H25N3O4S/c21-16-12-18-10-14(16)11-19-17(22)13-4-6-15(7-5-13)25(23,24)20-8-2-1-3-9-20/h4-7,14,16,18,21H,1-3,8-12H2,(H,19,22). The van der Waals surface area contributed by atoms with E-state index in [0.717, 1.165) is 19.3 Å². The number of carbonyl (C=O) groups is 1. The van der Waals surface area contributed by atoms with Crippen LogP contribution in [0.25, 0.3) is 0 Å². The molecule has 0 radical (unpaired) electrons. The van der Waals surface area contributed by atoms with Gasteiger partial charge in [0, 0.05) is 44.2 Å². The predicted octanol–water partition coefficient (Wildman–Crippen LogP) is 0.171. The van der Waals surface area contributed by atoms with Gasteiger partial charge in [0.15, 0.2) is 0 Å². The molecule has 2 fully saturated rings. The lowest BCUT2D eigenvalue weighted by Gasteiger charge is -2.25. The van der Waals surface area contributed by atoms with Gasteiger partial charge >= 0.3 is 0 Å². The highest BCUT2D eigenvalue weighted by Gasteiger charge is 2.27. The summed E-state index contributed by atoms with van der Waals surface area (Å²) >= 11 is 0. The Morgan fingerprint density at radius 2 is 1.84 bits per heavy atom. The van der Waals surface area contributed by atoms with E-state index in [9.17, 15) is 18.3 Å². The van der Waals surface area contributed by atoms with Gasteiger partial charge in [0.25, 0.3) is 5.91 Å². The molecular formula is C17H25N3O4S. The second-order valence-electron chi connectivity index (χ2n) is 6.68. The number of β-amino-alcohol motifs (C(OH)–C–C–N with tert-alkyl or cyclic N) is 1. The average molecular weight is 367 g/mol. The fourth-order valence-corrected chi connectivity index (χ4v) is 4.80. The SMILES string of the molecule is O=C(NCC1CNCC1O)c1ccc(S(=O)(=O)N2CCCCC2)cc1. The number of hydrogen-bond donors (Lipinski definition) is 3. The molecule has 7 nitrogen and oxygen atoms in total. The largest absolute Gasteiger partial charge is 0.391 e. The fraction of sp³-hybridized carbons (Fsp3) is 0.588. The molecule has 2 atom stereocenters. The Labute approximate surface area is 148 Å². The van der Waals surface area contributed by atoms with E-state index in [0.29, 0.717) is 38.3 Å². The number of benzene rings is 1. The highest BCUT2D eigenvalue weighted by molar-refractivity contribution is 7.89. The number of hydrogen-bond acceptors (Lipinski definition) is 5. The number of aliphatic hydroxyl groups excluding tert-OH is 1. The molecule has 2 unspecified atom stereocenters. The van der Waals surface area contributed by atoms with Crippen LogP contribution in [0, 0.1) is 5.92 Å². The van der Waals surface area contributed by atoms with Crippen molar-refractivity contribution in [3.63, 3.8) is 0 Å². The molecular weight excluding hydrogens is 342 g/mol. The van der Waals surface area contributed by atoms with Crippen molar-refractivity contribution in [3.8, 4) is 0 Å². The molecule has 0 spiro atoms. The quantitative estimate of drug-likeness (QED) is 0.689. The fourth-order valence-electron chi connectivity index (χ4n) is 3.29. The zero-order valence-corrected chi connectivity index (χ0v) is 15.0. The molecule has 8 heteroatoms. The third-order valence-corrected chi connectivity index (χ3v) is 6.81. The maximum Gasteiger partial charge on any atom is 0.251 e. The Bertz CT molecular complexity index is 699. The number of aliphatic hydroxyl groups is 1. The number of nitrogens with zero attached hydrogens (tertiary/aromatic N) is 1. The van der Waals surface area contributed by atoms with Gasteiger partial charge in [0.05, 0.1) is 11.0 Å². The molecule has 3 N–H and O–H groups in total. The van der Waals surface area contributed by atoms with Crippen molar-refractivity contribution in [3.05, 3.63) is 29.8 Å². The highest BCUT2D eigenvalue weighted by Crippen LogP contribution is 2.21. The summed E-state index contributed by atoms with van der Waals surface area (Å²) < 4.78 is 26.7. The van der Waals surface area contributed by atoms with E-state index in [-0.39, 0.29) is 16.7 Å². The third kappa shape index (κ3) is 4.20. The maximum absolute atomic E-state index is 12.6. The number of sulfonamides is 1. The van der Waals surface area contributed by atoms with Crippen LogP contribution in [-0.2, 0) is 10.0 Å². The van der Waals surface area contributed by atoms with Gasteiger partial charge in [-0.1, -0.05) is 6.42 Å². The Morgan fingerprint density at radius 3 is 2.44 bits per heavy atom. The van der Waals surface area contributed by atoms with Crippen LogP contribution in [0.15, 0.2) is 29.2 Å². The van der Waals surface area contributed by atoms with E-state index in [1.165, 1.54) is 28.6 Å². The molecule has 2 aliphatic rings. The van der Waals surface area contributed by atoms with Gasteiger partial charge in [-0.3, -0.25) is 4.79 Å². The zero-order chi connectivity index (χ0) is 17.9. The van der Waals surface area contributed by atoms with E-state index in [4.69, 9.17) is 0 Å². The Hall–Kier alpha value is -1.48. The molecule has 1 aromatic rings. The van der Waals surface area contributed by atoms with E-state index in [2.05, 4.69) is 10.6 Å². The molecule has 0 saturated carbocycles. The van der Waals surface area contributed by atoms with Crippen molar-refractivity contribution in [1.82, 2.24) is 14.9 Å². The zero-order valence-electron chi connectivity index (χ0n) is 14.1. The van der Waals surface area contributed by atoms with E-state index in [1.807, 2.05) is 0 Å². The second kappa shape index (κ2) is 7.82. The Morgan fingerprint density at radius 1 is 1.16 bits per heavy atom. The van der Waals surface area contributed by atoms with E-state index in [1.54, 1.807) is 0 Å². The summed E-state index contributed by atoms with van der Waals surface area (Å²) in [4.78, 5) is 12.4. The first-order valence-corrected chi connectivity index (χ1v) is 10.2. The summed E-state index contributed by atoms with van der Waals surface area (Å²) in [5.41, 5.74) is 0.415. The minimum absolute atomic E-state index is 0.00250. The Kier molecular flexibility index (Phi) is 5.73. The van der Waals surface area contributed by atoms with Crippen LogP contribution in [-0.4, -0.2) is 62.6 Å². The van der Waals surface area contributed by atoms with Gasteiger partial charge < -0.3 is 15.7 Å². The minimum atomic E-state index is -3.48. The summed E-state index contributed by atoms with van der Waals surface area (Å²) in [6.07, 6.45) is 2.40. The second-order valence-corrected chi connectivity index (χ2v) is 8.62. The average Bonchev–Trinajstić information content (AvgIpc) is 3.05. The van der Waals surface area contributed by atoms with Gasteiger partial charge in [-0.05, 0) is 37.1 Å². The van der Waals surface area contributed by atoms with E-state index >= 15 is 0 Å².